The molecule has 4 nitrogen and oxygen atoms in total. The van der Waals surface area contributed by atoms with Gasteiger partial charge in [0.25, 0.3) is 0 Å². The molecule has 0 bridgehead atoms. The second-order valence-corrected chi connectivity index (χ2v) is 4.37. The molecule has 1 atom stereocenters. The van der Waals surface area contributed by atoms with Gasteiger partial charge < -0.3 is 10.4 Å². The van der Waals surface area contributed by atoms with Crippen molar-refractivity contribution in [3.05, 3.63) is 17.0 Å². The van der Waals surface area contributed by atoms with Gasteiger partial charge in [-0.05, 0) is 19.3 Å². The van der Waals surface area contributed by atoms with Gasteiger partial charge in [0.1, 0.15) is 0 Å². The Morgan fingerprint density at radius 1 is 1.29 bits per heavy atom. The highest BCUT2D eigenvalue weighted by Gasteiger charge is 2.14. The summed E-state index contributed by atoms with van der Waals surface area (Å²) in [5.74, 6) is 0. The van der Waals surface area contributed by atoms with Crippen LogP contribution in [0.5, 0.6) is 0 Å². The van der Waals surface area contributed by atoms with Crippen LogP contribution in [0.3, 0.4) is 0 Å². The molecule has 0 aliphatic carbocycles. The molecule has 2 N–H and O–H groups in total. The molecule has 1 rings (SSSR count). The molecule has 4 heteroatoms. The standard InChI is InChI=1S/C13H25N3O/c1-5-10(9-17)14-8-11-12(6-2)15-16(4)13(11)7-3/h10,14,17H,5-9H2,1-4H3. The average molecular weight is 239 g/mol. The van der Waals surface area contributed by atoms with Gasteiger partial charge in [-0.15, -0.1) is 0 Å². The summed E-state index contributed by atoms with van der Waals surface area (Å²) in [5.41, 5.74) is 3.77. The Bertz CT molecular complexity index is 343. The maximum atomic E-state index is 9.18. The lowest BCUT2D eigenvalue weighted by Crippen LogP contribution is -2.31. The number of rotatable bonds is 7. The monoisotopic (exact) mass is 239 g/mol. The number of hydrogen-bond acceptors (Lipinski definition) is 3. The van der Waals surface area contributed by atoms with Crippen LogP contribution in [-0.2, 0) is 26.4 Å². The summed E-state index contributed by atoms with van der Waals surface area (Å²) in [6.07, 6.45) is 2.90. The highest BCUT2D eigenvalue weighted by molar-refractivity contribution is 5.26. The van der Waals surface area contributed by atoms with Gasteiger partial charge in [0.2, 0.25) is 0 Å². The maximum absolute atomic E-state index is 9.18. The van der Waals surface area contributed by atoms with Crippen molar-refractivity contribution in [2.45, 2.75) is 52.6 Å². The topological polar surface area (TPSA) is 50.1 Å². The van der Waals surface area contributed by atoms with E-state index in [1.54, 1.807) is 0 Å². The van der Waals surface area contributed by atoms with Gasteiger partial charge in [0, 0.05) is 30.9 Å². The number of nitrogens with zero attached hydrogens (tertiary/aromatic N) is 2. The molecule has 1 unspecified atom stereocenters. The molecule has 0 aliphatic rings. The van der Waals surface area contributed by atoms with Gasteiger partial charge in [0.05, 0.1) is 12.3 Å². The zero-order valence-corrected chi connectivity index (χ0v) is 11.5. The van der Waals surface area contributed by atoms with E-state index in [0.29, 0.717) is 0 Å². The minimum Gasteiger partial charge on any atom is -0.395 e. The van der Waals surface area contributed by atoms with E-state index in [1.165, 1.54) is 17.0 Å². The largest absolute Gasteiger partial charge is 0.395 e. The lowest BCUT2D eigenvalue weighted by Gasteiger charge is -2.14. The Kier molecular flexibility index (Phi) is 5.65. The number of aliphatic hydroxyl groups excluding tert-OH is 1. The average Bonchev–Trinajstić information content (AvgIpc) is 2.66. The lowest BCUT2D eigenvalue weighted by atomic mass is 10.1. The van der Waals surface area contributed by atoms with E-state index in [-0.39, 0.29) is 12.6 Å². The van der Waals surface area contributed by atoms with Gasteiger partial charge in [-0.3, -0.25) is 4.68 Å². The van der Waals surface area contributed by atoms with Crippen LogP contribution in [0.1, 0.15) is 44.1 Å². The molecular formula is C13H25N3O. The molecule has 98 valence electrons. The van der Waals surface area contributed by atoms with Gasteiger partial charge in [-0.2, -0.15) is 5.10 Å². The van der Waals surface area contributed by atoms with E-state index < -0.39 is 0 Å². The Balaban J connectivity index is 2.81. The van der Waals surface area contributed by atoms with Crippen LogP contribution in [0.15, 0.2) is 0 Å². The number of nitrogens with one attached hydrogen (secondary N) is 1. The van der Waals surface area contributed by atoms with Crippen molar-refractivity contribution in [3.63, 3.8) is 0 Å². The number of aryl methyl sites for hydroxylation is 2. The summed E-state index contributed by atoms with van der Waals surface area (Å²) >= 11 is 0. The molecule has 0 amide bonds. The fourth-order valence-corrected chi connectivity index (χ4v) is 2.18. The van der Waals surface area contributed by atoms with E-state index in [1.807, 2.05) is 11.7 Å². The fraction of sp³-hybridized carbons (Fsp3) is 0.769. The van der Waals surface area contributed by atoms with Gasteiger partial charge in [0.15, 0.2) is 0 Å². The van der Waals surface area contributed by atoms with Crippen LogP contribution in [0.4, 0.5) is 0 Å². The number of aromatic nitrogens is 2. The SMILES string of the molecule is CCc1nn(C)c(CC)c1CNC(CC)CO. The van der Waals surface area contributed by atoms with Crippen molar-refractivity contribution in [1.29, 1.82) is 0 Å². The fourth-order valence-electron chi connectivity index (χ4n) is 2.18. The molecule has 17 heavy (non-hydrogen) atoms. The minimum absolute atomic E-state index is 0.185. The molecule has 0 fully saturated rings. The normalized spacial score (nSPS) is 13.0. The smallest absolute Gasteiger partial charge is 0.0669 e. The predicted octanol–water partition coefficient (Wildman–Crippen LogP) is 1.41. The first-order chi connectivity index (χ1) is 8.17. The second kappa shape index (κ2) is 6.77. The molecule has 0 saturated carbocycles. The van der Waals surface area contributed by atoms with E-state index >= 15 is 0 Å². The van der Waals surface area contributed by atoms with Crippen molar-refractivity contribution < 1.29 is 5.11 Å². The Labute approximate surface area is 104 Å². The number of aliphatic hydroxyl groups is 1. The highest BCUT2D eigenvalue weighted by Crippen LogP contribution is 2.15. The molecule has 0 spiro atoms. The zero-order valence-electron chi connectivity index (χ0n) is 11.5. The third kappa shape index (κ3) is 3.30. The van der Waals surface area contributed by atoms with Crippen molar-refractivity contribution in [2.24, 2.45) is 7.05 Å². The van der Waals surface area contributed by atoms with E-state index in [4.69, 9.17) is 0 Å². The van der Waals surface area contributed by atoms with Gasteiger partial charge in [-0.1, -0.05) is 20.8 Å². The molecular weight excluding hydrogens is 214 g/mol. The van der Waals surface area contributed by atoms with E-state index in [9.17, 15) is 5.11 Å². The maximum Gasteiger partial charge on any atom is 0.0669 e. The molecule has 0 aliphatic heterocycles. The summed E-state index contributed by atoms with van der Waals surface area (Å²) in [6, 6.07) is 0.185. The predicted molar refractivity (Wildman–Crippen MR) is 70.0 cm³/mol. The van der Waals surface area contributed by atoms with E-state index in [0.717, 1.165) is 25.8 Å². The first kappa shape index (κ1) is 14.2. The van der Waals surface area contributed by atoms with Crippen molar-refractivity contribution >= 4 is 0 Å². The van der Waals surface area contributed by atoms with Crippen molar-refractivity contribution in [1.82, 2.24) is 15.1 Å². The highest BCUT2D eigenvalue weighted by atomic mass is 16.3. The van der Waals surface area contributed by atoms with Crippen LogP contribution in [0.2, 0.25) is 0 Å². The first-order valence-corrected chi connectivity index (χ1v) is 6.55. The Morgan fingerprint density at radius 2 is 2.00 bits per heavy atom. The van der Waals surface area contributed by atoms with Gasteiger partial charge >= 0.3 is 0 Å². The summed E-state index contributed by atoms with van der Waals surface area (Å²) in [6.45, 7) is 7.37. The van der Waals surface area contributed by atoms with Crippen molar-refractivity contribution in [2.75, 3.05) is 6.61 Å². The van der Waals surface area contributed by atoms with Crippen LogP contribution in [0.25, 0.3) is 0 Å². The van der Waals surface area contributed by atoms with Crippen LogP contribution in [-0.4, -0.2) is 27.5 Å². The van der Waals surface area contributed by atoms with Gasteiger partial charge in [-0.25, -0.2) is 0 Å². The Morgan fingerprint density at radius 3 is 2.47 bits per heavy atom. The third-order valence-electron chi connectivity index (χ3n) is 3.31. The molecule has 1 heterocycles. The first-order valence-electron chi connectivity index (χ1n) is 6.55. The molecule has 0 saturated heterocycles. The lowest BCUT2D eigenvalue weighted by molar-refractivity contribution is 0.238. The Hall–Kier alpha value is -0.870. The quantitative estimate of drug-likeness (QED) is 0.756. The summed E-state index contributed by atoms with van der Waals surface area (Å²) in [5, 5.41) is 17.1. The van der Waals surface area contributed by atoms with Crippen molar-refractivity contribution in [3.8, 4) is 0 Å². The van der Waals surface area contributed by atoms with Crippen LogP contribution >= 0.6 is 0 Å². The van der Waals surface area contributed by atoms with E-state index in [2.05, 4.69) is 31.2 Å². The summed E-state index contributed by atoms with van der Waals surface area (Å²) < 4.78 is 1.98. The number of hydrogen-bond donors (Lipinski definition) is 2. The molecule has 1 aromatic heterocycles. The second-order valence-electron chi connectivity index (χ2n) is 4.37. The third-order valence-corrected chi connectivity index (χ3v) is 3.31. The molecule has 0 aromatic carbocycles. The summed E-state index contributed by atoms with van der Waals surface area (Å²) in [7, 11) is 2.00. The molecule has 0 radical (unpaired) electrons. The van der Waals surface area contributed by atoms with Crippen LogP contribution in [0, 0.1) is 0 Å². The van der Waals surface area contributed by atoms with Crippen LogP contribution < -0.4 is 5.32 Å². The minimum atomic E-state index is 0.185. The zero-order chi connectivity index (χ0) is 12.8. The summed E-state index contributed by atoms with van der Waals surface area (Å²) in [4.78, 5) is 0. The molecule has 1 aromatic rings.